The van der Waals surface area contributed by atoms with E-state index < -0.39 is 5.97 Å². The number of hydrogen-bond acceptors (Lipinski definition) is 3. The van der Waals surface area contributed by atoms with Crippen LogP contribution < -0.4 is 0 Å². The lowest BCUT2D eigenvalue weighted by atomic mass is 9.89. The Labute approximate surface area is 93.7 Å². The predicted octanol–water partition coefficient (Wildman–Crippen LogP) is 0.817. The van der Waals surface area contributed by atoms with Gasteiger partial charge in [-0.15, -0.1) is 0 Å². The Kier molecular flexibility index (Phi) is 2.61. The van der Waals surface area contributed by atoms with Gasteiger partial charge in [-0.1, -0.05) is 6.92 Å². The van der Waals surface area contributed by atoms with Gasteiger partial charge in [-0.2, -0.15) is 0 Å². The first-order valence-electron chi connectivity index (χ1n) is 5.42. The molecular weight excluding hydrogens is 210 g/mol. The maximum absolute atomic E-state index is 12.0. The van der Waals surface area contributed by atoms with Crippen LogP contribution >= 0.6 is 0 Å². The first-order valence-corrected chi connectivity index (χ1v) is 5.42. The third-order valence-electron chi connectivity index (χ3n) is 3.44. The zero-order valence-corrected chi connectivity index (χ0v) is 9.40. The largest absolute Gasteiger partial charge is 0.499 e. The zero-order valence-electron chi connectivity index (χ0n) is 9.40. The minimum absolute atomic E-state index is 0.0275. The number of carboxylic acids is 1. The standard InChI is InChI=1S/C11H15NO4/c1-3-7-6-4-8(16-2)9(11(14)15)12(5-6)10(7)13/h6-7H,3-5H2,1-2H3,(H,14,15)/t6-,7+/m0/s1. The SMILES string of the molecule is CC[C@H]1C(=O)N2C[C@@H]1CC(OC)=C2C(=O)O. The topological polar surface area (TPSA) is 66.8 Å². The quantitative estimate of drug-likeness (QED) is 0.772. The summed E-state index contributed by atoms with van der Waals surface area (Å²) >= 11 is 0. The fourth-order valence-corrected chi connectivity index (χ4v) is 2.67. The molecular formula is C11H15NO4. The van der Waals surface area contributed by atoms with Crippen LogP contribution in [0.5, 0.6) is 0 Å². The number of carboxylic acid groups (broad SMARTS) is 1. The second-order valence-corrected chi connectivity index (χ2v) is 4.21. The number of ether oxygens (including phenoxy) is 1. The van der Waals surface area contributed by atoms with Crippen molar-refractivity contribution in [2.24, 2.45) is 11.8 Å². The maximum atomic E-state index is 12.0. The molecule has 88 valence electrons. The highest BCUT2D eigenvalue weighted by Crippen LogP contribution is 2.40. The minimum Gasteiger partial charge on any atom is -0.499 e. The second kappa shape index (κ2) is 3.81. The molecule has 0 aromatic rings. The van der Waals surface area contributed by atoms with E-state index >= 15 is 0 Å². The summed E-state index contributed by atoms with van der Waals surface area (Å²) in [6.45, 7) is 2.48. The van der Waals surface area contributed by atoms with Crippen LogP contribution in [0.1, 0.15) is 19.8 Å². The number of carbonyl (C=O) groups excluding carboxylic acids is 1. The molecule has 16 heavy (non-hydrogen) atoms. The Morgan fingerprint density at radius 2 is 2.31 bits per heavy atom. The van der Waals surface area contributed by atoms with E-state index in [1.54, 1.807) is 0 Å². The van der Waals surface area contributed by atoms with Crippen LogP contribution in [-0.2, 0) is 14.3 Å². The average Bonchev–Trinajstić information content (AvgIpc) is 2.50. The van der Waals surface area contributed by atoms with Gasteiger partial charge in [0.05, 0.1) is 7.11 Å². The molecule has 2 atom stereocenters. The number of nitrogens with zero attached hydrogens (tertiary/aromatic N) is 1. The smallest absolute Gasteiger partial charge is 0.356 e. The molecule has 1 amide bonds. The molecule has 0 aliphatic carbocycles. The summed E-state index contributed by atoms with van der Waals surface area (Å²) in [5, 5.41) is 9.10. The van der Waals surface area contributed by atoms with Crippen molar-refractivity contribution in [2.75, 3.05) is 13.7 Å². The van der Waals surface area contributed by atoms with E-state index in [1.165, 1.54) is 12.0 Å². The molecule has 0 radical (unpaired) electrons. The van der Waals surface area contributed by atoms with Crippen LogP contribution in [0.3, 0.4) is 0 Å². The molecule has 0 saturated carbocycles. The fourth-order valence-electron chi connectivity index (χ4n) is 2.67. The van der Waals surface area contributed by atoms with Crippen LogP contribution in [0.15, 0.2) is 11.5 Å². The number of methoxy groups -OCH3 is 1. The molecule has 0 aromatic carbocycles. The number of rotatable bonds is 3. The summed E-state index contributed by atoms with van der Waals surface area (Å²) in [5.41, 5.74) is 0.0275. The number of allylic oxidation sites excluding steroid dienone is 1. The summed E-state index contributed by atoms with van der Waals surface area (Å²) in [4.78, 5) is 24.5. The van der Waals surface area contributed by atoms with E-state index in [-0.39, 0.29) is 23.4 Å². The second-order valence-electron chi connectivity index (χ2n) is 4.21. The van der Waals surface area contributed by atoms with Crippen molar-refractivity contribution in [1.29, 1.82) is 0 Å². The highest BCUT2D eigenvalue weighted by molar-refractivity contribution is 5.95. The Morgan fingerprint density at radius 3 is 2.81 bits per heavy atom. The highest BCUT2D eigenvalue weighted by Gasteiger charge is 2.47. The van der Waals surface area contributed by atoms with Gasteiger partial charge in [0.1, 0.15) is 5.76 Å². The van der Waals surface area contributed by atoms with Crippen molar-refractivity contribution in [2.45, 2.75) is 19.8 Å². The van der Waals surface area contributed by atoms with E-state index in [9.17, 15) is 9.59 Å². The molecule has 2 heterocycles. The van der Waals surface area contributed by atoms with Gasteiger partial charge < -0.3 is 14.7 Å². The summed E-state index contributed by atoms with van der Waals surface area (Å²) in [6.07, 6.45) is 1.31. The Hall–Kier alpha value is -1.52. The fraction of sp³-hybridized carbons (Fsp3) is 0.636. The summed E-state index contributed by atoms with van der Waals surface area (Å²) in [6, 6.07) is 0. The molecule has 5 heteroatoms. The minimum atomic E-state index is -1.08. The van der Waals surface area contributed by atoms with Crippen LogP contribution in [-0.4, -0.2) is 35.5 Å². The van der Waals surface area contributed by atoms with Crippen LogP contribution in [0.4, 0.5) is 0 Å². The van der Waals surface area contributed by atoms with E-state index in [4.69, 9.17) is 9.84 Å². The molecule has 2 aliphatic heterocycles. The number of amides is 1. The van der Waals surface area contributed by atoms with E-state index in [1.807, 2.05) is 6.92 Å². The Bertz CT molecular complexity index is 374. The van der Waals surface area contributed by atoms with Crippen molar-refractivity contribution in [1.82, 2.24) is 4.90 Å². The van der Waals surface area contributed by atoms with Crippen molar-refractivity contribution < 1.29 is 19.4 Å². The van der Waals surface area contributed by atoms with Crippen molar-refractivity contribution in [3.63, 3.8) is 0 Å². The van der Waals surface area contributed by atoms with E-state index in [2.05, 4.69) is 0 Å². The Balaban J connectivity index is 2.40. The van der Waals surface area contributed by atoms with Crippen LogP contribution in [0.25, 0.3) is 0 Å². The lowest BCUT2D eigenvalue weighted by molar-refractivity contribution is -0.139. The monoisotopic (exact) mass is 225 g/mol. The lowest BCUT2D eigenvalue weighted by Crippen LogP contribution is -2.33. The highest BCUT2D eigenvalue weighted by atomic mass is 16.5. The molecule has 1 N–H and O–H groups in total. The average molecular weight is 225 g/mol. The predicted molar refractivity (Wildman–Crippen MR) is 55.3 cm³/mol. The number of carbonyl (C=O) groups is 2. The van der Waals surface area contributed by atoms with Gasteiger partial charge in [-0.25, -0.2) is 4.79 Å². The molecule has 1 saturated heterocycles. The first kappa shape index (κ1) is 11.0. The van der Waals surface area contributed by atoms with E-state index in [0.29, 0.717) is 18.7 Å². The number of fused-ring (bicyclic) bond motifs is 2. The van der Waals surface area contributed by atoms with Crippen molar-refractivity contribution in [3.8, 4) is 0 Å². The van der Waals surface area contributed by atoms with Crippen LogP contribution in [0.2, 0.25) is 0 Å². The van der Waals surface area contributed by atoms with Gasteiger partial charge in [0.25, 0.3) is 0 Å². The lowest BCUT2D eigenvalue weighted by Gasteiger charge is -2.25. The van der Waals surface area contributed by atoms with Gasteiger partial charge >= 0.3 is 5.97 Å². The van der Waals surface area contributed by atoms with Crippen molar-refractivity contribution in [3.05, 3.63) is 11.5 Å². The molecule has 1 fully saturated rings. The van der Waals surface area contributed by atoms with Gasteiger partial charge in [-0.3, -0.25) is 4.79 Å². The molecule has 0 spiro atoms. The van der Waals surface area contributed by atoms with E-state index in [0.717, 1.165) is 6.42 Å². The summed E-state index contributed by atoms with van der Waals surface area (Å²) < 4.78 is 5.09. The third kappa shape index (κ3) is 1.38. The van der Waals surface area contributed by atoms with Crippen molar-refractivity contribution >= 4 is 11.9 Å². The van der Waals surface area contributed by atoms with Gasteiger partial charge in [0.15, 0.2) is 5.70 Å². The maximum Gasteiger partial charge on any atom is 0.356 e. The summed E-state index contributed by atoms with van der Waals surface area (Å²) in [5.74, 6) is -0.581. The molecule has 2 bridgehead atoms. The summed E-state index contributed by atoms with van der Waals surface area (Å²) in [7, 11) is 1.45. The number of aliphatic carboxylic acids is 1. The van der Waals surface area contributed by atoms with Gasteiger partial charge in [0, 0.05) is 18.9 Å². The molecule has 0 aromatic heterocycles. The zero-order chi connectivity index (χ0) is 11.9. The molecule has 2 rings (SSSR count). The molecule has 5 nitrogen and oxygen atoms in total. The Morgan fingerprint density at radius 1 is 1.62 bits per heavy atom. The first-order chi connectivity index (χ1) is 7.60. The normalized spacial score (nSPS) is 28.6. The molecule has 0 unspecified atom stereocenters. The third-order valence-corrected chi connectivity index (χ3v) is 3.44. The van der Waals surface area contributed by atoms with Gasteiger partial charge in [-0.05, 0) is 12.3 Å². The number of hydrogen-bond donors (Lipinski definition) is 1. The van der Waals surface area contributed by atoms with Gasteiger partial charge in [0.2, 0.25) is 5.91 Å². The van der Waals surface area contributed by atoms with Crippen LogP contribution in [0, 0.1) is 11.8 Å². The molecule has 2 aliphatic rings.